The van der Waals surface area contributed by atoms with Crippen LogP contribution in [-0.4, -0.2) is 19.5 Å². The van der Waals surface area contributed by atoms with Crippen molar-refractivity contribution in [2.75, 3.05) is 13.7 Å². The highest BCUT2D eigenvalue weighted by atomic mass is 19.1. The van der Waals surface area contributed by atoms with Gasteiger partial charge in [0.1, 0.15) is 6.10 Å². The predicted octanol–water partition coefficient (Wildman–Crippen LogP) is 3.79. The second-order valence-electron chi connectivity index (χ2n) is 4.46. The van der Waals surface area contributed by atoms with E-state index in [1.54, 1.807) is 6.07 Å². The molecule has 0 N–H and O–H groups in total. The SMILES string of the molecule is CCOC(C(=O)c1ccc(OC)c(F)c1)c1ccccc1. The van der Waals surface area contributed by atoms with Gasteiger partial charge < -0.3 is 9.47 Å². The van der Waals surface area contributed by atoms with E-state index >= 15 is 0 Å². The molecule has 0 saturated heterocycles. The molecular weight excluding hydrogens is 271 g/mol. The van der Waals surface area contributed by atoms with E-state index in [1.807, 2.05) is 37.3 Å². The largest absolute Gasteiger partial charge is 0.494 e. The van der Waals surface area contributed by atoms with Crippen molar-refractivity contribution < 1.29 is 18.7 Å². The van der Waals surface area contributed by atoms with Gasteiger partial charge in [-0.15, -0.1) is 0 Å². The summed E-state index contributed by atoms with van der Waals surface area (Å²) in [5.74, 6) is -0.726. The maximum atomic E-state index is 13.7. The molecule has 21 heavy (non-hydrogen) atoms. The summed E-state index contributed by atoms with van der Waals surface area (Å²) in [5.41, 5.74) is 1.01. The Morgan fingerprint density at radius 2 is 1.90 bits per heavy atom. The molecule has 0 spiro atoms. The third-order valence-electron chi connectivity index (χ3n) is 3.11. The van der Waals surface area contributed by atoms with Gasteiger partial charge in [-0.25, -0.2) is 4.39 Å². The summed E-state index contributed by atoms with van der Waals surface area (Å²) in [5, 5.41) is 0. The Labute approximate surface area is 123 Å². The second-order valence-corrected chi connectivity index (χ2v) is 4.46. The van der Waals surface area contributed by atoms with Crippen LogP contribution in [0.1, 0.15) is 28.9 Å². The molecule has 0 fully saturated rings. The van der Waals surface area contributed by atoms with Crippen LogP contribution >= 0.6 is 0 Å². The van der Waals surface area contributed by atoms with Crippen molar-refractivity contribution in [1.82, 2.24) is 0 Å². The van der Waals surface area contributed by atoms with E-state index in [9.17, 15) is 9.18 Å². The quantitative estimate of drug-likeness (QED) is 0.759. The summed E-state index contributed by atoms with van der Waals surface area (Å²) < 4.78 is 24.1. The predicted molar refractivity (Wildman–Crippen MR) is 78.1 cm³/mol. The zero-order valence-corrected chi connectivity index (χ0v) is 12.0. The van der Waals surface area contributed by atoms with Crippen molar-refractivity contribution in [2.45, 2.75) is 13.0 Å². The van der Waals surface area contributed by atoms with E-state index in [-0.39, 0.29) is 17.1 Å². The Balaban J connectivity index is 2.33. The van der Waals surface area contributed by atoms with Crippen LogP contribution in [0, 0.1) is 5.82 Å². The molecule has 0 aromatic heterocycles. The molecule has 3 nitrogen and oxygen atoms in total. The Hall–Kier alpha value is -2.20. The van der Waals surface area contributed by atoms with Crippen molar-refractivity contribution in [3.8, 4) is 5.75 Å². The average Bonchev–Trinajstić information content (AvgIpc) is 2.52. The summed E-state index contributed by atoms with van der Waals surface area (Å²) >= 11 is 0. The topological polar surface area (TPSA) is 35.5 Å². The zero-order chi connectivity index (χ0) is 15.2. The fraction of sp³-hybridized carbons (Fsp3) is 0.235. The van der Waals surface area contributed by atoms with Gasteiger partial charge in [-0.3, -0.25) is 4.79 Å². The van der Waals surface area contributed by atoms with Crippen molar-refractivity contribution in [2.24, 2.45) is 0 Å². The van der Waals surface area contributed by atoms with Crippen LogP contribution in [0.25, 0.3) is 0 Å². The molecule has 0 bridgehead atoms. The fourth-order valence-corrected chi connectivity index (χ4v) is 2.09. The van der Waals surface area contributed by atoms with Gasteiger partial charge in [-0.05, 0) is 30.7 Å². The number of halogens is 1. The van der Waals surface area contributed by atoms with Crippen LogP contribution in [0.2, 0.25) is 0 Å². The number of Topliss-reactive ketones (excluding diaryl/α,β-unsaturated/α-hetero) is 1. The molecule has 1 unspecified atom stereocenters. The fourth-order valence-electron chi connectivity index (χ4n) is 2.09. The van der Waals surface area contributed by atoms with Gasteiger partial charge in [0, 0.05) is 12.2 Å². The van der Waals surface area contributed by atoms with Gasteiger partial charge in [-0.2, -0.15) is 0 Å². The highest BCUT2D eigenvalue weighted by molar-refractivity contribution is 6.00. The number of ketones is 1. The average molecular weight is 288 g/mol. The van der Waals surface area contributed by atoms with Crippen molar-refractivity contribution in [3.05, 3.63) is 65.5 Å². The lowest BCUT2D eigenvalue weighted by atomic mass is 9.99. The van der Waals surface area contributed by atoms with Crippen LogP contribution in [0.15, 0.2) is 48.5 Å². The maximum absolute atomic E-state index is 13.7. The number of carbonyl (C=O) groups is 1. The van der Waals surface area contributed by atoms with E-state index < -0.39 is 11.9 Å². The zero-order valence-electron chi connectivity index (χ0n) is 12.0. The molecule has 4 heteroatoms. The molecule has 2 rings (SSSR count). The maximum Gasteiger partial charge on any atom is 0.196 e. The molecular formula is C17H17FO3. The minimum absolute atomic E-state index is 0.110. The van der Waals surface area contributed by atoms with E-state index in [0.29, 0.717) is 6.61 Å². The number of hydrogen-bond donors (Lipinski definition) is 0. The summed E-state index contributed by atoms with van der Waals surface area (Å²) in [4.78, 5) is 12.6. The molecule has 2 aromatic rings. The molecule has 2 aromatic carbocycles. The molecule has 0 aliphatic heterocycles. The van der Waals surface area contributed by atoms with E-state index in [2.05, 4.69) is 0 Å². The molecule has 0 aliphatic rings. The van der Waals surface area contributed by atoms with E-state index in [4.69, 9.17) is 9.47 Å². The number of ether oxygens (including phenoxy) is 2. The Morgan fingerprint density at radius 1 is 1.19 bits per heavy atom. The molecule has 0 radical (unpaired) electrons. The van der Waals surface area contributed by atoms with Gasteiger partial charge in [-0.1, -0.05) is 30.3 Å². The standard InChI is InChI=1S/C17H17FO3/c1-3-21-17(12-7-5-4-6-8-12)16(19)13-9-10-15(20-2)14(18)11-13/h4-11,17H,3H2,1-2H3. The minimum atomic E-state index is -0.732. The minimum Gasteiger partial charge on any atom is -0.494 e. The first-order valence-corrected chi connectivity index (χ1v) is 6.71. The highest BCUT2D eigenvalue weighted by Gasteiger charge is 2.23. The Kier molecular flexibility index (Phi) is 5.06. The lowest BCUT2D eigenvalue weighted by Gasteiger charge is -2.16. The number of rotatable bonds is 6. The third-order valence-corrected chi connectivity index (χ3v) is 3.11. The first kappa shape index (κ1) is 15.2. The first-order valence-electron chi connectivity index (χ1n) is 6.71. The molecule has 0 amide bonds. The first-order chi connectivity index (χ1) is 10.2. The third kappa shape index (κ3) is 3.47. The van der Waals surface area contributed by atoms with Gasteiger partial charge in [0.25, 0.3) is 0 Å². The second kappa shape index (κ2) is 6.99. The van der Waals surface area contributed by atoms with Crippen LogP contribution in [0.3, 0.4) is 0 Å². The summed E-state index contributed by atoms with van der Waals surface area (Å²) in [6.07, 6.45) is -0.732. The monoisotopic (exact) mass is 288 g/mol. The van der Waals surface area contributed by atoms with Crippen molar-refractivity contribution in [3.63, 3.8) is 0 Å². The van der Waals surface area contributed by atoms with Gasteiger partial charge in [0.15, 0.2) is 17.3 Å². The summed E-state index contributed by atoms with van der Waals surface area (Å²) in [6, 6.07) is 13.3. The van der Waals surface area contributed by atoms with E-state index in [1.165, 1.54) is 19.2 Å². The Morgan fingerprint density at radius 3 is 2.48 bits per heavy atom. The summed E-state index contributed by atoms with van der Waals surface area (Å²) in [7, 11) is 1.38. The number of hydrogen-bond acceptors (Lipinski definition) is 3. The molecule has 0 saturated carbocycles. The van der Waals surface area contributed by atoms with Crippen LogP contribution in [-0.2, 0) is 4.74 Å². The normalized spacial score (nSPS) is 12.0. The van der Waals surface area contributed by atoms with Gasteiger partial charge in [0.2, 0.25) is 0 Å². The molecule has 110 valence electrons. The number of methoxy groups -OCH3 is 1. The van der Waals surface area contributed by atoms with Crippen LogP contribution < -0.4 is 4.74 Å². The van der Waals surface area contributed by atoms with Gasteiger partial charge in [0.05, 0.1) is 7.11 Å². The summed E-state index contributed by atoms with van der Waals surface area (Å²) in [6.45, 7) is 2.21. The van der Waals surface area contributed by atoms with Crippen molar-refractivity contribution >= 4 is 5.78 Å². The lowest BCUT2D eigenvalue weighted by molar-refractivity contribution is 0.0452. The molecule has 0 heterocycles. The highest BCUT2D eigenvalue weighted by Crippen LogP contribution is 2.25. The number of carbonyl (C=O) groups excluding carboxylic acids is 1. The van der Waals surface area contributed by atoms with E-state index in [0.717, 1.165) is 5.56 Å². The van der Waals surface area contributed by atoms with Crippen LogP contribution in [0.5, 0.6) is 5.75 Å². The molecule has 0 aliphatic carbocycles. The Bertz CT molecular complexity index is 611. The van der Waals surface area contributed by atoms with Gasteiger partial charge >= 0.3 is 0 Å². The smallest absolute Gasteiger partial charge is 0.196 e. The molecule has 1 atom stereocenters. The lowest BCUT2D eigenvalue weighted by Crippen LogP contribution is -2.16. The number of benzene rings is 2. The van der Waals surface area contributed by atoms with Crippen molar-refractivity contribution in [1.29, 1.82) is 0 Å². The van der Waals surface area contributed by atoms with Crippen LogP contribution in [0.4, 0.5) is 4.39 Å².